The molecule has 0 aliphatic rings. The average molecular weight is 408 g/mol. The zero-order chi connectivity index (χ0) is 19.7. The first kappa shape index (κ1) is 18.0. The first-order valence-electron chi connectivity index (χ1n) is 8.17. The number of nitrogens with one attached hydrogen (secondary N) is 1. The lowest BCUT2D eigenvalue weighted by atomic mass is 10.2. The van der Waals surface area contributed by atoms with Crippen LogP contribution in [0.4, 0.5) is 5.82 Å². The molecule has 8 heteroatoms. The largest absolute Gasteiger partial charge is 0.305 e. The molecule has 0 saturated carbocycles. The molecule has 0 atom stereocenters. The van der Waals surface area contributed by atoms with E-state index in [1.54, 1.807) is 12.1 Å². The van der Waals surface area contributed by atoms with Gasteiger partial charge in [-0.05, 0) is 36.4 Å². The number of benzene rings is 2. The van der Waals surface area contributed by atoms with Crippen LogP contribution in [0.1, 0.15) is 15.9 Å². The lowest BCUT2D eigenvalue weighted by Gasteiger charge is -2.10. The van der Waals surface area contributed by atoms with Gasteiger partial charge in [0.15, 0.2) is 11.6 Å². The standard InChI is InChI=1S/C20H11Cl2N5O/c21-15-7-5-13(9-16(15)22)20(28)26-19-14(10-23)11-24-27(19)18-8-6-12-3-1-2-4-17(12)25-18/h1-9,11H,(H,26,28). The number of pyridine rings is 1. The van der Waals surface area contributed by atoms with Crippen LogP contribution < -0.4 is 5.32 Å². The fourth-order valence-corrected chi connectivity index (χ4v) is 3.01. The minimum absolute atomic E-state index is 0.211. The Bertz CT molecular complexity index is 1260. The van der Waals surface area contributed by atoms with Crippen molar-refractivity contribution in [3.63, 3.8) is 0 Å². The van der Waals surface area contributed by atoms with Gasteiger partial charge in [0.2, 0.25) is 0 Å². The van der Waals surface area contributed by atoms with Gasteiger partial charge in [-0.1, -0.05) is 41.4 Å². The van der Waals surface area contributed by atoms with Crippen LogP contribution in [-0.4, -0.2) is 20.7 Å². The molecule has 1 amide bonds. The Labute approximate surface area is 169 Å². The Morgan fingerprint density at radius 1 is 1.07 bits per heavy atom. The summed E-state index contributed by atoms with van der Waals surface area (Å²) in [6.45, 7) is 0. The van der Waals surface area contributed by atoms with Crippen molar-refractivity contribution >= 4 is 45.8 Å². The van der Waals surface area contributed by atoms with E-state index < -0.39 is 5.91 Å². The Balaban J connectivity index is 1.74. The molecule has 28 heavy (non-hydrogen) atoms. The van der Waals surface area contributed by atoms with E-state index in [9.17, 15) is 10.1 Å². The van der Waals surface area contributed by atoms with Gasteiger partial charge in [0.25, 0.3) is 5.91 Å². The van der Waals surface area contributed by atoms with Gasteiger partial charge >= 0.3 is 0 Å². The van der Waals surface area contributed by atoms with Crippen molar-refractivity contribution in [2.75, 3.05) is 5.32 Å². The van der Waals surface area contributed by atoms with Crippen molar-refractivity contribution < 1.29 is 4.79 Å². The van der Waals surface area contributed by atoms with Crippen LogP contribution in [0.15, 0.2) is 60.8 Å². The number of aromatic nitrogens is 3. The first-order valence-corrected chi connectivity index (χ1v) is 8.93. The zero-order valence-corrected chi connectivity index (χ0v) is 15.7. The maximum absolute atomic E-state index is 12.7. The summed E-state index contributed by atoms with van der Waals surface area (Å²) >= 11 is 11.9. The molecule has 0 bridgehead atoms. The molecule has 2 aromatic carbocycles. The van der Waals surface area contributed by atoms with Crippen molar-refractivity contribution in [2.45, 2.75) is 0 Å². The molecule has 2 heterocycles. The highest BCUT2D eigenvalue weighted by Gasteiger charge is 2.17. The summed E-state index contributed by atoms with van der Waals surface area (Å²) in [6.07, 6.45) is 1.38. The number of hydrogen-bond donors (Lipinski definition) is 1. The minimum atomic E-state index is -0.447. The third-order valence-corrected chi connectivity index (χ3v) is 4.84. The third-order valence-electron chi connectivity index (χ3n) is 4.10. The number of carbonyl (C=O) groups is 1. The Morgan fingerprint density at radius 2 is 1.89 bits per heavy atom. The van der Waals surface area contributed by atoms with Gasteiger partial charge in [-0.15, -0.1) is 0 Å². The third kappa shape index (κ3) is 3.29. The second kappa shape index (κ2) is 7.31. The van der Waals surface area contributed by atoms with Gasteiger partial charge in [0, 0.05) is 10.9 Å². The molecule has 0 spiro atoms. The first-order chi connectivity index (χ1) is 13.6. The number of carbonyl (C=O) groups excluding carboxylic acids is 1. The number of nitriles is 1. The predicted octanol–water partition coefficient (Wildman–Crippen LogP) is 4.85. The topological polar surface area (TPSA) is 83.6 Å². The highest BCUT2D eigenvalue weighted by Crippen LogP contribution is 2.25. The van der Waals surface area contributed by atoms with E-state index in [1.165, 1.54) is 23.0 Å². The van der Waals surface area contributed by atoms with Crippen molar-refractivity contribution in [2.24, 2.45) is 0 Å². The molecule has 0 fully saturated rings. The number of nitrogens with zero attached hydrogens (tertiary/aromatic N) is 4. The minimum Gasteiger partial charge on any atom is -0.305 e. The van der Waals surface area contributed by atoms with Crippen molar-refractivity contribution in [1.29, 1.82) is 5.26 Å². The van der Waals surface area contributed by atoms with Gasteiger partial charge in [-0.3, -0.25) is 4.79 Å². The summed E-state index contributed by atoms with van der Waals surface area (Å²) in [4.78, 5) is 17.2. The van der Waals surface area contributed by atoms with Crippen LogP contribution in [0.3, 0.4) is 0 Å². The second-order valence-corrected chi connectivity index (χ2v) is 6.69. The summed E-state index contributed by atoms with van der Waals surface area (Å²) in [6, 6.07) is 17.9. The van der Waals surface area contributed by atoms with Crippen molar-refractivity contribution in [3.05, 3.63) is 82.0 Å². The van der Waals surface area contributed by atoms with Crippen LogP contribution in [0.5, 0.6) is 0 Å². The van der Waals surface area contributed by atoms with E-state index in [0.717, 1.165) is 10.9 Å². The molecule has 136 valence electrons. The van der Waals surface area contributed by atoms with Gasteiger partial charge in [0.1, 0.15) is 11.6 Å². The summed E-state index contributed by atoms with van der Waals surface area (Å²) < 4.78 is 1.42. The highest BCUT2D eigenvalue weighted by molar-refractivity contribution is 6.42. The molecule has 0 unspecified atom stereocenters. The Kier molecular flexibility index (Phi) is 4.70. The number of fused-ring (bicyclic) bond motifs is 1. The molecule has 6 nitrogen and oxygen atoms in total. The summed E-state index contributed by atoms with van der Waals surface area (Å²) in [5, 5.41) is 17.9. The van der Waals surface area contributed by atoms with E-state index in [0.29, 0.717) is 16.4 Å². The van der Waals surface area contributed by atoms with Crippen LogP contribution in [0.2, 0.25) is 10.0 Å². The number of hydrogen-bond acceptors (Lipinski definition) is 4. The van der Waals surface area contributed by atoms with Crippen LogP contribution >= 0.6 is 23.2 Å². The molecule has 0 aliphatic carbocycles. The SMILES string of the molecule is N#Cc1cnn(-c2ccc3ccccc3n2)c1NC(=O)c1ccc(Cl)c(Cl)c1. The fourth-order valence-electron chi connectivity index (χ4n) is 2.71. The van der Waals surface area contributed by atoms with E-state index in [4.69, 9.17) is 23.2 Å². The molecule has 0 radical (unpaired) electrons. The smallest absolute Gasteiger partial charge is 0.256 e. The summed E-state index contributed by atoms with van der Waals surface area (Å²) in [5.74, 6) is 0.253. The number of anilines is 1. The molecule has 1 N–H and O–H groups in total. The van der Waals surface area contributed by atoms with Gasteiger partial charge in [0.05, 0.1) is 21.8 Å². The average Bonchev–Trinajstić information content (AvgIpc) is 3.12. The molecule has 2 aromatic heterocycles. The van der Waals surface area contributed by atoms with Crippen molar-refractivity contribution in [1.82, 2.24) is 14.8 Å². The second-order valence-electron chi connectivity index (χ2n) is 5.88. The Morgan fingerprint density at radius 3 is 2.68 bits per heavy atom. The van der Waals surface area contributed by atoms with E-state index in [-0.39, 0.29) is 16.4 Å². The Hall–Kier alpha value is -3.40. The lowest BCUT2D eigenvalue weighted by Crippen LogP contribution is -2.16. The summed E-state index contributed by atoms with van der Waals surface area (Å²) in [7, 11) is 0. The number of halogens is 2. The molecule has 0 saturated heterocycles. The maximum atomic E-state index is 12.7. The number of amides is 1. The van der Waals surface area contributed by atoms with Crippen LogP contribution in [-0.2, 0) is 0 Å². The molecular formula is C20H11Cl2N5O. The summed E-state index contributed by atoms with van der Waals surface area (Å²) in [5.41, 5.74) is 1.29. The maximum Gasteiger partial charge on any atom is 0.256 e. The van der Waals surface area contributed by atoms with E-state index >= 15 is 0 Å². The highest BCUT2D eigenvalue weighted by atomic mass is 35.5. The van der Waals surface area contributed by atoms with Crippen LogP contribution in [0.25, 0.3) is 16.7 Å². The van der Waals surface area contributed by atoms with Crippen LogP contribution in [0, 0.1) is 11.3 Å². The van der Waals surface area contributed by atoms with Gasteiger partial charge in [-0.25, -0.2) is 4.98 Å². The van der Waals surface area contributed by atoms with Crippen molar-refractivity contribution in [3.8, 4) is 11.9 Å². The van der Waals surface area contributed by atoms with Gasteiger partial charge < -0.3 is 5.32 Å². The molecular weight excluding hydrogens is 397 g/mol. The van der Waals surface area contributed by atoms with E-state index in [1.807, 2.05) is 36.4 Å². The number of rotatable bonds is 3. The number of para-hydroxylation sites is 1. The molecule has 0 aliphatic heterocycles. The predicted molar refractivity (Wildman–Crippen MR) is 108 cm³/mol. The zero-order valence-electron chi connectivity index (χ0n) is 14.2. The van der Waals surface area contributed by atoms with E-state index in [2.05, 4.69) is 15.4 Å². The van der Waals surface area contributed by atoms with Gasteiger partial charge in [-0.2, -0.15) is 15.0 Å². The fraction of sp³-hybridized carbons (Fsp3) is 0. The molecule has 4 rings (SSSR count). The normalized spacial score (nSPS) is 10.6. The lowest BCUT2D eigenvalue weighted by molar-refractivity contribution is 0.102. The molecule has 4 aromatic rings. The monoisotopic (exact) mass is 407 g/mol. The quantitative estimate of drug-likeness (QED) is 0.525.